The van der Waals surface area contributed by atoms with Gasteiger partial charge in [-0.15, -0.1) is 0 Å². The van der Waals surface area contributed by atoms with Gasteiger partial charge in [0.15, 0.2) is 0 Å². The van der Waals surface area contributed by atoms with Crippen LogP contribution in [-0.4, -0.2) is 14.8 Å². The second-order valence-corrected chi connectivity index (χ2v) is 15.8. The lowest BCUT2D eigenvalue weighted by Gasteiger charge is -2.11. The Kier molecular flexibility index (Phi) is 9.36. The number of rotatable bonds is 9. The van der Waals surface area contributed by atoms with E-state index in [1.165, 1.54) is 54.8 Å². The van der Waals surface area contributed by atoms with E-state index in [9.17, 15) is 0 Å². The maximum atomic E-state index is 6.66. The molecule has 0 spiro atoms. The molecule has 11 rings (SSSR count). The lowest BCUT2D eigenvalue weighted by Crippen LogP contribution is -2.05. The minimum absolute atomic E-state index is 0.559. The van der Waals surface area contributed by atoms with Crippen LogP contribution in [0.15, 0.2) is 236 Å². The molecule has 2 N–H and O–H groups in total. The first-order chi connectivity index (χ1) is 30.7. The Balaban J connectivity index is 0.966. The van der Waals surface area contributed by atoms with Crippen LogP contribution in [0.2, 0.25) is 0 Å². The molecule has 0 fully saturated rings. The topological polar surface area (TPSA) is 48.2 Å². The molecule has 0 saturated carbocycles. The zero-order valence-electron chi connectivity index (χ0n) is 34.1. The van der Waals surface area contributed by atoms with E-state index in [-0.39, 0.29) is 0 Å². The van der Waals surface area contributed by atoms with Crippen LogP contribution >= 0.6 is 0 Å². The molecule has 0 amide bonds. The number of nitrogens with zero attached hydrogens (tertiary/aromatic N) is 3. The summed E-state index contributed by atoms with van der Waals surface area (Å²) in [6.07, 6.45) is 1.99. The number of aliphatic imine (C=N–C) groups is 1. The van der Waals surface area contributed by atoms with Crippen molar-refractivity contribution in [2.45, 2.75) is 6.54 Å². The number of hydrogen-bond donors (Lipinski definition) is 1. The van der Waals surface area contributed by atoms with Gasteiger partial charge in [0.1, 0.15) is 0 Å². The highest BCUT2D eigenvalue weighted by Gasteiger charge is 2.17. The van der Waals surface area contributed by atoms with E-state index in [0.717, 1.165) is 44.8 Å². The highest BCUT2D eigenvalue weighted by molar-refractivity contribution is 6.14. The Morgan fingerprint density at radius 2 is 0.823 bits per heavy atom. The summed E-state index contributed by atoms with van der Waals surface area (Å²) in [5.74, 6) is 0. The third kappa shape index (κ3) is 6.74. The Hall–Kier alpha value is -8.21. The predicted octanol–water partition coefficient (Wildman–Crippen LogP) is 14.2. The average molecular weight is 795 g/mol. The first kappa shape index (κ1) is 36.8. The highest BCUT2D eigenvalue weighted by atomic mass is 15.0. The summed E-state index contributed by atoms with van der Waals surface area (Å²) in [4.78, 5) is 5.08. The molecule has 11 aromatic rings. The van der Waals surface area contributed by atoms with Gasteiger partial charge < -0.3 is 14.9 Å². The van der Waals surface area contributed by atoms with Gasteiger partial charge in [-0.1, -0.05) is 164 Å². The number of allylic oxidation sites excluding steroid dienone is 1. The van der Waals surface area contributed by atoms with E-state index in [0.29, 0.717) is 12.2 Å². The van der Waals surface area contributed by atoms with Gasteiger partial charge in [0.2, 0.25) is 0 Å². The smallest absolute Gasteiger partial charge is 0.0671 e. The molecule has 4 nitrogen and oxygen atoms in total. The number of nitrogens with two attached hydrogens (primary N) is 1. The van der Waals surface area contributed by atoms with Gasteiger partial charge in [0.05, 0.1) is 34.3 Å². The van der Waals surface area contributed by atoms with Gasteiger partial charge in [0.25, 0.3) is 0 Å². The van der Waals surface area contributed by atoms with Crippen molar-refractivity contribution in [2.75, 3.05) is 0 Å². The van der Waals surface area contributed by atoms with Gasteiger partial charge in [-0.05, 0) is 106 Å². The molecule has 62 heavy (non-hydrogen) atoms. The van der Waals surface area contributed by atoms with Crippen LogP contribution in [0.3, 0.4) is 0 Å². The van der Waals surface area contributed by atoms with E-state index in [4.69, 9.17) is 10.7 Å². The molecule has 0 aliphatic rings. The Bertz CT molecular complexity index is 3450. The molecule has 0 atom stereocenters. The van der Waals surface area contributed by atoms with E-state index in [1.54, 1.807) is 0 Å². The lowest BCUT2D eigenvalue weighted by atomic mass is 10.0. The first-order valence-corrected chi connectivity index (χ1v) is 21.1. The fourth-order valence-electron chi connectivity index (χ4n) is 8.92. The van der Waals surface area contributed by atoms with Crippen molar-refractivity contribution in [3.63, 3.8) is 0 Å². The van der Waals surface area contributed by atoms with Gasteiger partial charge in [-0.2, -0.15) is 0 Å². The molecule has 2 heterocycles. The molecule has 4 heteroatoms. The quantitative estimate of drug-likeness (QED) is 0.145. The van der Waals surface area contributed by atoms with Crippen LogP contribution in [0.4, 0.5) is 0 Å². The van der Waals surface area contributed by atoms with Gasteiger partial charge >= 0.3 is 0 Å². The fourth-order valence-corrected chi connectivity index (χ4v) is 8.92. The second kappa shape index (κ2) is 15.8. The Labute approximate surface area is 360 Å². The van der Waals surface area contributed by atoms with Crippen molar-refractivity contribution in [1.29, 1.82) is 0 Å². The third-order valence-electron chi connectivity index (χ3n) is 12.0. The van der Waals surface area contributed by atoms with E-state index in [2.05, 4.69) is 185 Å². The summed E-state index contributed by atoms with van der Waals surface area (Å²) in [7, 11) is 0. The molecule has 294 valence electrons. The van der Waals surface area contributed by atoms with Crippen molar-refractivity contribution >= 4 is 55.0 Å². The molecule has 0 radical (unpaired) electrons. The van der Waals surface area contributed by atoms with Gasteiger partial charge in [-0.3, -0.25) is 4.99 Å². The maximum absolute atomic E-state index is 6.66. The van der Waals surface area contributed by atoms with E-state index >= 15 is 0 Å². The molecule has 9 aromatic carbocycles. The number of aromatic nitrogens is 2. The van der Waals surface area contributed by atoms with Gasteiger partial charge in [0, 0.05) is 38.6 Å². The molecule has 0 saturated heterocycles. The number of hydrogen-bond acceptors (Lipinski definition) is 2. The average Bonchev–Trinajstić information content (AvgIpc) is 3.86. The standard InChI is InChI=1S/C58H42N4/c59-53(43-18-8-3-9-19-43)38-54(60-39-40-14-4-1-5-15-40)44-26-32-48(33-27-44)62-56-23-13-11-21-50(56)52-37-46(29-35-58(52)62)45-28-34-57-51(36-45)49-20-10-12-22-55(49)61(57)47-30-24-42(25-31-47)41-16-6-2-7-17-41/h1-38H,39,59H2/b53-38-,60-54?. The summed E-state index contributed by atoms with van der Waals surface area (Å²) in [5, 5.41) is 4.91. The molecule has 2 aromatic heterocycles. The summed E-state index contributed by atoms with van der Waals surface area (Å²) in [6.45, 7) is 0.559. The maximum Gasteiger partial charge on any atom is 0.0671 e. The lowest BCUT2D eigenvalue weighted by molar-refractivity contribution is 1.07. The second-order valence-electron chi connectivity index (χ2n) is 15.8. The van der Waals surface area contributed by atoms with Crippen molar-refractivity contribution < 1.29 is 0 Å². The summed E-state index contributed by atoms with van der Waals surface area (Å²) in [5.41, 5.74) is 23.0. The van der Waals surface area contributed by atoms with Crippen LogP contribution in [0, 0.1) is 0 Å². The summed E-state index contributed by atoms with van der Waals surface area (Å²) in [6, 6.07) is 79.8. The zero-order valence-corrected chi connectivity index (χ0v) is 34.1. The SMILES string of the molecule is N/C(=C\C(=NCc1ccccc1)c1ccc(-n2c3ccccc3c3cc(-c4ccc5c(c4)c4ccccc4n5-c4ccc(-c5ccccc5)cc4)ccc32)cc1)c1ccccc1. The van der Waals surface area contributed by atoms with Crippen LogP contribution in [-0.2, 0) is 6.54 Å². The Morgan fingerprint density at radius 1 is 0.387 bits per heavy atom. The monoisotopic (exact) mass is 794 g/mol. The molecule has 0 aliphatic heterocycles. The van der Waals surface area contributed by atoms with Crippen LogP contribution in [0.5, 0.6) is 0 Å². The van der Waals surface area contributed by atoms with Crippen molar-refractivity contribution in [3.8, 4) is 33.6 Å². The molecule has 0 unspecified atom stereocenters. The van der Waals surface area contributed by atoms with Crippen molar-refractivity contribution in [2.24, 2.45) is 10.7 Å². The fraction of sp³-hybridized carbons (Fsp3) is 0.0172. The normalized spacial score (nSPS) is 12.2. The van der Waals surface area contributed by atoms with Crippen molar-refractivity contribution in [3.05, 3.63) is 247 Å². The predicted molar refractivity (Wildman–Crippen MR) is 261 cm³/mol. The summed E-state index contributed by atoms with van der Waals surface area (Å²) < 4.78 is 4.75. The number of fused-ring (bicyclic) bond motifs is 6. The summed E-state index contributed by atoms with van der Waals surface area (Å²) >= 11 is 0. The van der Waals surface area contributed by atoms with Crippen molar-refractivity contribution in [1.82, 2.24) is 9.13 Å². The van der Waals surface area contributed by atoms with Crippen LogP contribution in [0.25, 0.3) is 82.9 Å². The molecular formula is C58H42N4. The largest absolute Gasteiger partial charge is 0.398 e. The Morgan fingerprint density at radius 3 is 1.39 bits per heavy atom. The molecule has 0 bridgehead atoms. The number of para-hydroxylation sites is 2. The van der Waals surface area contributed by atoms with Crippen LogP contribution in [0.1, 0.15) is 16.7 Å². The molecular weight excluding hydrogens is 753 g/mol. The van der Waals surface area contributed by atoms with E-state index in [1.807, 2.05) is 54.6 Å². The van der Waals surface area contributed by atoms with Crippen LogP contribution < -0.4 is 5.73 Å². The minimum Gasteiger partial charge on any atom is -0.398 e. The van der Waals surface area contributed by atoms with Gasteiger partial charge in [-0.25, -0.2) is 0 Å². The van der Waals surface area contributed by atoms with E-state index < -0.39 is 0 Å². The third-order valence-corrected chi connectivity index (χ3v) is 12.0. The highest BCUT2D eigenvalue weighted by Crippen LogP contribution is 2.38. The first-order valence-electron chi connectivity index (χ1n) is 21.1. The zero-order chi connectivity index (χ0) is 41.4. The number of benzene rings is 9. The molecule has 0 aliphatic carbocycles. The minimum atomic E-state index is 0.559.